The smallest absolute Gasteiger partial charge is 0.347 e. The third-order valence-electron chi connectivity index (χ3n) is 4.29. The number of nitrogens with zero attached hydrogens (tertiary/aromatic N) is 5. The minimum Gasteiger partial charge on any atom is -0.347 e. The predicted molar refractivity (Wildman–Crippen MR) is 92.4 cm³/mol. The Balaban J connectivity index is 1.82. The molecular formula is C17H14F3N5S. The number of hydrogen-bond acceptors (Lipinski definition) is 5. The molecular weight excluding hydrogens is 363 g/mol. The number of hydrogen-bond donors (Lipinski definition) is 0. The van der Waals surface area contributed by atoms with Crippen molar-refractivity contribution in [1.82, 2.24) is 20.2 Å². The lowest BCUT2D eigenvalue weighted by Gasteiger charge is -2.38. The molecule has 0 saturated carbocycles. The molecule has 1 aliphatic heterocycles. The fourth-order valence-corrected chi connectivity index (χ4v) is 3.54. The Labute approximate surface area is 151 Å². The number of alkyl halides is 3. The summed E-state index contributed by atoms with van der Waals surface area (Å²) >= 11 is 1.59. The number of anilines is 1. The molecule has 2 heterocycles. The second-order valence-electron chi connectivity index (χ2n) is 5.86. The van der Waals surface area contributed by atoms with Crippen molar-refractivity contribution in [1.29, 1.82) is 0 Å². The van der Waals surface area contributed by atoms with Crippen LogP contribution in [0.15, 0.2) is 53.4 Å². The molecule has 2 aromatic carbocycles. The summed E-state index contributed by atoms with van der Waals surface area (Å²) in [7, 11) is 0. The maximum atomic E-state index is 13.9. The van der Waals surface area contributed by atoms with Gasteiger partial charge in [-0.25, -0.2) is 0 Å². The summed E-state index contributed by atoms with van der Waals surface area (Å²) in [6, 6.07) is 12.4. The van der Waals surface area contributed by atoms with Crippen LogP contribution in [0.4, 0.5) is 18.9 Å². The van der Waals surface area contributed by atoms with Crippen molar-refractivity contribution in [3.05, 3.63) is 59.9 Å². The fourth-order valence-electron chi connectivity index (χ4n) is 3.13. The number of aromatic nitrogens is 4. The van der Waals surface area contributed by atoms with Crippen molar-refractivity contribution in [3.8, 4) is 5.69 Å². The molecule has 0 N–H and O–H groups in total. The van der Waals surface area contributed by atoms with Crippen LogP contribution >= 0.6 is 11.8 Å². The SMILES string of the molecule is CSc1ccc(CN2c3ccccc3-n3nnnc3C2C(F)(F)F)cc1. The fraction of sp³-hybridized carbons (Fsp3) is 0.235. The Bertz CT molecular complexity index is 923. The second kappa shape index (κ2) is 6.31. The maximum Gasteiger partial charge on any atom is 0.416 e. The van der Waals surface area contributed by atoms with Gasteiger partial charge in [-0.1, -0.05) is 24.3 Å². The molecule has 0 radical (unpaired) electrons. The summed E-state index contributed by atoms with van der Waals surface area (Å²) in [5, 5.41) is 10.9. The highest BCUT2D eigenvalue weighted by Crippen LogP contribution is 2.45. The van der Waals surface area contributed by atoms with Gasteiger partial charge in [0.05, 0.1) is 11.4 Å². The lowest BCUT2D eigenvalue weighted by atomic mass is 10.1. The van der Waals surface area contributed by atoms with Gasteiger partial charge >= 0.3 is 6.18 Å². The van der Waals surface area contributed by atoms with Gasteiger partial charge in [0, 0.05) is 11.4 Å². The van der Waals surface area contributed by atoms with E-state index >= 15 is 0 Å². The summed E-state index contributed by atoms with van der Waals surface area (Å²) in [4.78, 5) is 2.37. The molecule has 0 fully saturated rings. The lowest BCUT2D eigenvalue weighted by Crippen LogP contribution is -2.43. The Morgan fingerprint density at radius 3 is 2.38 bits per heavy atom. The zero-order chi connectivity index (χ0) is 18.3. The van der Waals surface area contributed by atoms with Gasteiger partial charge in [-0.05, 0) is 46.5 Å². The molecule has 0 spiro atoms. The van der Waals surface area contributed by atoms with Gasteiger partial charge in [0.25, 0.3) is 0 Å². The molecule has 0 amide bonds. The molecule has 1 aromatic heterocycles. The van der Waals surface area contributed by atoms with E-state index in [2.05, 4.69) is 15.5 Å². The average molecular weight is 377 g/mol. The van der Waals surface area contributed by atoms with Crippen molar-refractivity contribution in [3.63, 3.8) is 0 Å². The van der Waals surface area contributed by atoms with Crippen LogP contribution in [0.25, 0.3) is 5.69 Å². The van der Waals surface area contributed by atoms with Gasteiger partial charge in [0.15, 0.2) is 11.9 Å². The molecule has 1 atom stereocenters. The van der Waals surface area contributed by atoms with Gasteiger partial charge in [0.2, 0.25) is 0 Å². The van der Waals surface area contributed by atoms with E-state index in [9.17, 15) is 13.2 Å². The van der Waals surface area contributed by atoms with Crippen LogP contribution in [0.1, 0.15) is 17.4 Å². The first-order valence-corrected chi connectivity index (χ1v) is 9.05. The van der Waals surface area contributed by atoms with Gasteiger partial charge in [-0.3, -0.25) is 0 Å². The molecule has 3 aromatic rings. The summed E-state index contributed by atoms with van der Waals surface area (Å²) in [6.07, 6.45) is -2.56. The summed E-state index contributed by atoms with van der Waals surface area (Å²) < 4.78 is 42.9. The molecule has 26 heavy (non-hydrogen) atoms. The van der Waals surface area contributed by atoms with Crippen LogP contribution in [-0.2, 0) is 6.54 Å². The highest BCUT2D eigenvalue weighted by molar-refractivity contribution is 7.98. The zero-order valence-corrected chi connectivity index (χ0v) is 14.5. The summed E-state index contributed by atoms with van der Waals surface area (Å²) in [5.74, 6) is -0.225. The van der Waals surface area contributed by atoms with E-state index in [-0.39, 0.29) is 12.4 Å². The van der Waals surface area contributed by atoms with Crippen LogP contribution in [0, 0.1) is 0 Å². The van der Waals surface area contributed by atoms with Gasteiger partial charge in [-0.2, -0.15) is 17.9 Å². The molecule has 1 unspecified atom stereocenters. The van der Waals surface area contributed by atoms with Gasteiger partial charge in [0.1, 0.15) is 0 Å². The van der Waals surface area contributed by atoms with Crippen LogP contribution in [0.5, 0.6) is 0 Å². The first-order chi connectivity index (χ1) is 12.5. The highest BCUT2D eigenvalue weighted by Gasteiger charge is 2.51. The van der Waals surface area contributed by atoms with Crippen molar-refractivity contribution < 1.29 is 13.2 Å². The Hall–Kier alpha value is -2.55. The van der Waals surface area contributed by atoms with Gasteiger partial charge < -0.3 is 4.90 Å². The van der Waals surface area contributed by atoms with E-state index in [1.165, 1.54) is 9.58 Å². The van der Waals surface area contributed by atoms with Crippen LogP contribution in [0.3, 0.4) is 0 Å². The third-order valence-corrected chi connectivity index (χ3v) is 5.03. The monoisotopic (exact) mass is 377 g/mol. The minimum absolute atomic E-state index is 0.0999. The molecule has 1 aliphatic rings. The normalized spacial score (nSPS) is 16.3. The number of tetrazole rings is 1. The Morgan fingerprint density at radius 1 is 1.04 bits per heavy atom. The quantitative estimate of drug-likeness (QED) is 0.646. The van der Waals surface area contributed by atoms with Gasteiger partial charge in [-0.15, -0.1) is 16.9 Å². The maximum absolute atomic E-state index is 13.9. The zero-order valence-electron chi connectivity index (χ0n) is 13.7. The molecule has 0 bridgehead atoms. The Morgan fingerprint density at radius 2 is 1.73 bits per heavy atom. The van der Waals surface area contributed by atoms with Crippen LogP contribution < -0.4 is 4.90 Å². The standard InChI is InChI=1S/C17H14F3N5S/c1-26-12-8-6-11(7-9-12)10-24-13-4-2-3-5-14(13)25-16(21-22-23-25)15(24)17(18,19)20/h2-9,15H,10H2,1H3. The van der Waals surface area contributed by atoms with Crippen molar-refractivity contribution in [2.75, 3.05) is 11.2 Å². The third kappa shape index (κ3) is 2.82. The van der Waals surface area contributed by atoms with E-state index in [0.717, 1.165) is 10.5 Å². The van der Waals surface area contributed by atoms with Crippen LogP contribution in [-0.4, -0.2) is 32.6 Å². The topological polar surface area (TPSA) is 46.8 Å². The highest BCUT2D eigenvalue weighted by atomic mass is 32.2. The van der Waals surface area contributed by atoms with E-state index in [1.54, 1.807) is 36.0 Å². The molecule has 9 heteroatoms. The van der Waals surface area contributed by atoms with E-state index in [0.29, 0.717) is 11.4 Å². The first-order valence-electron chi connectivity index (χ1n) is 7.83. The largest absolute Gasteiger partial charge is 0.416 e. The number of benzene rings is 2. The molecule has 5 nitrogen and oxygen atoms in total. The number of rotatable bonds is 3. The van der Waals surface area contributed by atoms with Crippen LogP contribution in [0.2, 0.25) is 0 Å². The molecule has 4 rings (SSSR count). The minimum atomic E-state index is -4.51. The second-order valence-corrected chi connectivity index (χ2v) is 6.74. The van der Waals surface area contributed by atoms with Crippen molar-refractivity contribution >= 4 is 17.4 Å². The number of fused-ring (bicyclic) bond motifs is 3. The molecule has 0 aliphatic carbocycles. The summed E-state index contributed by atoms with van der Waals surface area (Å²) in [6.45, 7) is 0.0999. The number of halogens is 3. The predicted octanol–water partition coefficient (Wildman–Crippen LogP) is 4.01. The lowest BCUT2D eigenvalue weighted by molar-refractivity contribution is -0.153. The van der Waals surface area contributed by atoms with E-state index < -0.39 is 12.2 Å². The summed E-state index contributed by atoms with van der Waals surface area (Å²) in [5.41, 5.74) is 1.77. The van der Waals surface area contributed by atoms with E-state index in [1.807, 2.05) is 30.5 Å². The first kappa shape index (κ1) is 16.9. The molecule has 134 valence electrons. The Kier molecular flexibility index (Phi) is 4.10. The van der Waals surface area contributed by atoms with E-state index in [4.69, 9.17) is 0 Å². The number of thioether (sulfide) groups is 1. The molecule has 0 saturated heterocycles. The van der Waals surface area contributed by atoms with Crippen molar-refractivity contribution in [2.24, 2.45) is 0 Å². The number of para-hydroxylation sites is 2. The average Bonchev–Trinajstić information content (AvgIpc) is 3.10. The van der Waals surface area contributed by atoms with Crippen molar-refractivity contribution in [2.45, 2.75) is 23.7 Å².